The van der Waals surface area contributed by atoms with Crippen molar-refractivity contribution in [2.75, 3.05) is 17.7 Å². The van der Waals surface area contributed by atoms with E-state index in [0.717, 1.165) is 6.42 Å². The van der Waals surface area contributed by atoms with Crippen molar-refractivity contribution in [3.63, 3.8) is 0 Å². The minimum atomic E-state index is -4.02. The predicted octanol–water partition coefficient (Wildman–Crippen LogP) is 3.41. The number of unbranched alkanes of at least 4 members (excludes halogenated alkanes) is 1. The lowest BCUT2D eigenvalue weighted by Crippen LogP contribution is -2.26. The van der Waals surface area contributed by atoms with E-state index in [1.54, 1.807) is 37.3 Å². The van der Waals surface area contributed by atoms with E-state index in [4.69, 9.17) is 20.9 Å². The summed E-state index contributed by atoms with van der Waals surface area (Å²) in [4.78, 5) is 12.9. The number of primary sulfonamides is 1. The van der Waals surface area contributed by atoms with Crippen molar-refractivity contribution in [1.29, 1.82) is 5.26 Å². The number of rotatable bonds is 10. The molecule has 0 aromatic heterocycles. The molecule has 2 aromatic rings. The molecule has 1 unspecified atom stereocenters. The number of hydrogen-bond acceptors (Lipinski definition) is 7. The Bertz CT molecular complexity index is 1110. The van der Waals surface area contributed by atoms with Crippen molar-refractivity contribution in [3.8, 4) is 6.07 Å². The molecule has 0 spiro atoms. The summed E-state index contributed by atoms with van der Waals surface area (Å²) in [5.41, 5.74) is 9.11. The monoisotopic (exact) mass is 458 g/mol. The molecule has 5 N–H and O–H groups in total. The fraction of sp³-hybridized carbons (Fsp3) is 0.391. The number of sulfonamides is 1. The SMILES string of the molecule is CCCCc1c(N)c(C(Nc2ccc(C#N)cc2)C(=O)OCC)cc(CC)c1S(N)(=O)=O. The Hall–Kier alpha value is -3.09. The minimum absolute atomic E-state index is 0.0377. The molecule has 0 saturated heterocycles. The summed E-state index contributed by atoms with van der Waals surface area (Å²) in [6.45, 7) is 5.68. The van der Waals surface area contributed by atoms with Crippen LogP contribution < -0.4 is 16.2 Å². The van der Waals surface area contributed by atoms with E-state index in [9.17, 15) is 13.2 Å². The molecule has 8 nitrogen and oxygen atoms in total. The van der Waals surface area contributed by atoms with Gasteiger partial charge in [0.1, 0.15) is 0 Å². The van der Waals surface area contributed by atoms with Crippen LogP contribution in [0, 0.1) is 11.3 Å². The maximum atomic E-state index is 12.9. The summed E-state index contributed by atoms with van der Waals surface area (Å²) >= 11 is 0. The van der Waals surface area contributed by atoms with Gasteiger partial charge in [-0.15, -0.1) is 0 Å². The summed E-state index contributed by atoms with van der Waals surface area (Å²) < 4.78 is 30.1. The highest BCUT2D eigenvalue weighted by Gasteiger charge is 2.30. The number of esters is 1. The van der Waals surface area contributed by atoms with Gasteiger partial charge in [0.25, 0.3) is 0 Å². The van der Waals surface area contributed by atoms with Crippen LogP contribution in [0.1, 0.15) is 61.9 Å². The van der Waals surface area contributed by atoms with Crippen LogP contribution in [0.5, 0.6) is 0 Å². The normalized spacial score (nSPS) is 12.1. The average Bonchev–Trinajstić information content (AvgIpc) is 2.76. The zero-order chi connectivity index (χ0) is 23.9. The molecule has 172 valence electrons. The Labute approximate surface area is 189 Å². The molecule has 0 aliphatic heterocycles. The highest BCUT2D eigenvalue weighted by Crippen LogP contribution is 2.35. The highest BCUT2D eigenvalue weighted by atomic mass is 32.2. The molecule has 0 heterocycles. The maximum Gasteiger partial charge on any atom is 0.333 e. The van der Waals surface area contributed by atoms with Crippen molar-refractivity contribution in [2.24, 2.45) is 5.14 Å². The fourth-order valence-electron chi connectivity index (χ4n) is 3.58. The Morgan fingerprint density at radius 3 is 2.38 bits per heavy atom. The Morgan fingerprint density at radius 1 is 1.22 bits per heavy atom. The van der Waals surface area contributed by atoms with Crippen molar-refractivity contribution < 1.29 is 17.9 Å². The molecule has 9 heteroatoms. The zero-order valence-electron chi connectivity index (χ0n) is 18.6. The third-order valence-corrected chi connectivity index (χ3v) is 6.21. The second-order valence-corrected chi connectivity index (χ2v) is 8.87. The largest absolute Gasteiger partial charge is 0.464 e. The van der Waals surface area contributed by atoms with E-state index >= 15 is 0 Å². The lowest BCUT2D eigenvalue weighted by atomic mass is 9.93. The van der Waals surface area contributed by atoms with E-state index in [0.29, 0.717) is 47.2 Å². The number of carbonyl (C=O) groups is 1. The van der Waals surface area contributed by atoms with Gasteiger partial charge in [-0.1, -0.05) is 20.3 Å². The number of nitrogens with two attached hydrogens (primary N) is 2. The van der Waals surface area contributed by atoms with Gasteiger partial charge in [0.05, 0.1) is 23.1 Å². The first-order valence-corrected chi connectivity index (χ1v) is 12.1. The standard InChI is InChI=1S/C23H30N4O4S/c1-4-7-8-18-20(25)19(13-16(5-2)22(18)32(26,29)30)21(23(28)31-6-3)27-17-11-9-15(14-24)10-12-17/h9-13,21,27H,4-8,25H2,1-3H3,(H2,26,29,30). The Morgan fingerprint density at radius 2 is 1.88 bits per heavy atom. The molecular weight excluding hydrogens is 428 g/mol. The molecule has 0 fully saturated rings. The molecule has 0 radical (unpaired) electrons. The summed E-state index contributed by atoms with van der Waals surface area (Å²) in [6, 6.07) is 9.30. The van der Waals surface area contributed by atoms with Gasteiger partial charge in [0.2, 0.25) is 10.0 Å². The maximum absolute atomic E-state index is 12.9. The van der Waals surface area contributed by atoms with Crippen LogP contribution in [-0.4, -0.2) is 21.0 Å². The number of ether oxygens (including phenoxy) is 1. The van der Waals surface area contributed by atoms with Gasteiger partial charge in [-0.2, -0.15) is 5.26 Å². The lowest BCUT2D eigenvalue weighted by molar-refractivity contribution is -0.144. The second-order valence-electron chi connectivity index (χ2n) is 7.37. The van der Waals surface area contributed by atoms with Gasteiger partial charge < -0.3 is 15.8 Å². The number of carbonyl (C=O) groups excluding carboxylic acids is 1. The van der Waals surface area contributed by atoms with Crippen LogP contribution >= 0.6 is 0 Å². The van der Waals surface area contributed by atoms with Gasteiger partial charge in [0, 0.05) is 16.9 Å². The number of anilines is 2. The number of nitriles is 1. The predicted molar refractivity (Wildman–Crippen MR) is 124 cm³/mol. The minimum Gasteiger partial charge on any atom is -0.464 e. The van der Waals surface area contributed by atoms with Crippen molar-refractivity contribution in [1.82, 2.24) is 0 Å². The number of aryl methyl sites for hydroxylation is 1. The Balaban J connectivity index is 2.70. The molecule has 0 amide bonds. The fourth-order valence-corrected chi connectivity index (χ4v) is 4.70. The van der Waals surface area contributed by atoms with E-state index in [2.05, 4.69) is 5.32 Å². The summed E-state index contributed by atoms with van der Waals surface area (Å²) in [6.07, 6.45) is 2.36. The topological polar surface area (TPSA) is 148 Å². The van der Waals surface area contributed by atoms with Crippen molar-refractivity contribution >= 4 is 27.4 Å². The van der Waals surface area contributed by atoms with Gasteiger partial charge in [-0.05, 0) is 67.6 Å². The molecule has 0 bridgehead atoms. The molecule has 0 saturated carbocycles. The molecular formula is C23H30N4O4S. The van der Waals surface area contributed by atoms with E-state index < -0.39 is 22.0 Å². The first-order valence-electron chi connectivity index (χ1n) is 10.6. The summed E-state index contributed by atoms with van der Waals surface area (Å²) in [5.74, 6) is -0.546. The van der Waals surface area contributed by atoms with Crippen LogP contribution in [0.4, 0.5) is 11.4 Å². The summed E-state index contributed by atoms with van der Waals surface area (Å²) in [5, 5.41) is 17.7. The third-order valence-electron chi connectivity index (χ3n) is 5.14. The van der Waals surface area contributed by atoms with Crippen LogP contribution in [0.3, 0.4) is 0 Å². The molecule has 0 aliphatic carbocycles. The van der Waals surface area contributed by atoms with Gasteiger partial charge in [0.15, 0.2) is 6.04 Å². The van der Waals surface area contributed by atoms with E-state index in [-0.39, 0.29) is 17.2 Å². The third kappa shape index (κ3) is 5.78. The molecule has 0 aliphatic rings. The zero-order valence-corrected chi connectivity index (χ0v) is 19.5. The first kappa shape index (κ1) is 25.2. The number of benzene rings is 2. The van der Waals surface area contributed by atoms with Gasteiger partial charge in [-0.3, -0.25) is 0 Å². The van der Waals surface area contributed by atoms with Crippen LogP contribution in [0.2, 0.25) is 0 Å². The Kier molecular flexibility index (Phi) is 8.63. The number of nitrogens with zero attached hydrogens (tertiary/aromatic N) is 1. The van der Waals surface area contributed by atoms with Gasteiger partial charge >= 0.3 is 5.97 Å². The van der Waals surface area contributed by atoms with E-state index in [1.807, 2.05) is 19.9 Å². The number of hydrogen-bond donors (Lipinski definition) is 3. The average molecular weight is 459 g/mol. The van der Waals surface area contributed by atoms with Crippen LogP contribution in [-0.2, 0) is 32.4 Å². The number of nitrogens with one attached hydrogen (secondary N) is 1. The van der Waals surface area contributed by atoms with Crippen molar-refractivity contribution in [3.05, 3.63) is 52.6 Å². The second kappa shape index (κ2) is 11.0. The highest BCUT2D eigenvalue weighted by molar-refractivity contribution is 7.89. The smallest absolute Gasteiger partial charge is 0.333 e. The number of nitrogen functional groups attached to an aromatic ring is 1. The molecule has 2 rings (SSSR count). The molecule has 2 aromatic carbocycles. The molecule has 32 heavy (non-hydrogen) atoms. The van der Waals surface area contributed by atoms with Crippen LogP contribution in [0.25, 0.3) is 0 Å². The quantitative estimate of drug-likeness (QED) is 0.365. The first-order chi connectivity index (χ1) is 15.2. The van der Waals surface area contributed by atoms with Gasteiger partial charge in [-0.25, -0.2) is 18.4 Å². The van der Waals surface area contributed by atoms with Crippen LogP contribution in [0.15, 0.2) is 35.2 Å². The lowest BCUT2D eigenvalue weighted by Gasteiger charge is -2.24. The molecule has 1 atom stereocenters. The summed E-state index contributed by atoms with van der Waals surface area (Å²) in [7, 11) is -4.02. The van der Waals surface area contributed by atoms with E-state index in [1.165, 1.54) is 0 Å². The van der Waals surface area contributed by atoms with Crippen molar-refractivity contribution in [2.45, 2.75) is 57.4 Å².